The molecule has 6 nitrogen and oxygen atoms in total. The summed E-state index contributed by atoms with van der Waals surface area (Å²) in [5.41, 5.74) is 0. The van der Waals surface area contributed by atoms with Crippen LogP contribution in [0.25, 0.3) is 0 Å². The van der Waals surface area contributed by atoms with Crippen molar-refractivity contribution in [3.8, 4) is 5.75 Å². The molecule has 0 fully saturated rings. The van der Waals surface area contributed by atoms with Gasteiger partial charge in [-0.1, -0.05) is 15.9 Å². The van der Waals surface area contributed by atoms with Crippen molar-refractivity contribution in [3.63, 3.8) is 0 Å². The summed E-state index contributed by atoms with van der Waals surface area (Å²) in [6, 6.07) is 5.83. The Hall–Kier alpha value is -1.60. The van der Waals surface area contributed by atoms with E-state index in [2.05, 4.69) is 21.2 Å². The van der Waals surface area contributed by atoms with E-state index in [-0.39, 0.29) is 13.0 Å². The standard InChI is InChI=1S/C12H14BrNO5/c13-8-1-3-9(4-2-8)19-6-5-11(16)14-10(7-15)12(17)18/h1-4,10,15H,5-7H2,(H,14,16)(H,17,18)/t10-/m0/s1. The van der Waals surface area contributed by atoms with Crippen LogP contribution in [0, 0.1) is 0 Å². The Labute approximate surface area is 118 Å². The minimum Gasteiger partial charge on any atom is -0.493 e. The number of ether oxygens (including phenoxy) is 1. The molecule has 0 radical (unpaired) electrons. The zero-order valence-electron chi connectivity index (χ0n) is 10.0. The lowest BCUT2D eigenvalue weighted by molar-refractivity contribution is -0.143. The molecule has 104 valence electrons. The molecule has 0 saturated heterocycles. The molecule has 1 rings (SSSR count). The molecular formula is C12H14BrNO5. The van der Waals surface area contributed by atoms with Crippen LogP contribution in [0.2, 0.25) is 0 Å². The zero-order valence-corrected chi connectivity index (χ0v) is 11.6. The molecule has 0 aromatic heterocycles. The first-order valence-electron chi connectivity index (χ1n) is 5.54. The summed E-state index contributed by atoms with van der Waals surface area (Å²) in [6.07, 6.45) is 0.0137. The number of benzene rings is 1. The fourth-order valence-corrected chi connectivity index (χ4v) is 1.51. The summed E-state index contributed by atoms with van der Waals surface area (Å²) in [4.78, 5) is 22.0. The molecule has 0 aliphatic carbocycles. The van der Waals surface area contributed by atoms with E-state index in [1.165, 1.54) is 0 Å². The predicted molar refractivity (Wildman–Crippen MR) is 70.9 cm³/mol. The van der Waals surface area contributed by atoms with E-state index in [1.54, 1.807) is 12.1 Å². The summed E-state index contributed by atoms with van der Waals surface area (Å²) in [5.74, 6) is -1.14. The fraction of sp³-hybridized carbons (Fsp3) is 0.333. The zero-order chi connectivity index (χ0) is 14.3. The van der Waals surface area contributed by atoms with Gasteiger partial charge in [0.2, 0.25) is 5.91 Å². The van der Waals surface area contributed by atoms with Gasteiger partial charge in [0, 0.05) is 4.47 Å². The van der Waals surface area contributed by atoms with Crippen molar-refractivity contribution in [3.05, 3.63) is 28.7 Å². The Morgan fingerprint density at radius 2 is 1.95 bits per heavy atom. The lowest BCUT2D eigenvalue weighted by atomic mass is 10.3. The topological polar surface area (TPSA) is 95.9 Å². The van der Waals surface area contributed by atoms with Gasteiger partial charge in [0.05, 0.1) is 19.6 Å². The van der Waals surface area contributed by atoms with Crippen LogP contribution in [0.3, 0.4) is 0 Å². The lowest BCUT2D eigenvalue weighted by Crippen LogP contribution is -2.43. The highest BCUT2D eigenvalue weighted by Gasteiger charge is 2.18. The van der Waals surface area contributed by atoms with E-state index >= 15 is 0 Å². The molecule has 0 unspecified atom stereocenters. The van der Waals surface area contributed by atoms with Gasteiger partial charge in [-0.25, -0.2) is 4.79 Å². The molecule has 3 N–H and O–H groups in total. The second-order valence-electron chi connectivity index (χ2n) is 3.69. The number of aliphatic carboxylic acids is 1. The molecule has 1 atom stereocenters. The first-order valence-corrected chi connectivity index (χ1v) is 6.33. The minimum atomic E-state index is -1.28. The van der Waals surface area contributed by atoms with Gasteiger partial charge in [-0.2, -0.15) is 0 Å². The maximum Gasteiger partial charge on any atom is 0.328 e. The van der Waals surface area contributed by atoms with Crippen molar-refractivity contribution in [1.29, 1.82) is 0 Å². The molecule has 0 bridgehead atoms. The molecular weight excluding hydrogens is 318 g/mol. The summed E-state index contributed by atoms with van der Waals surface area (Å²) in [5, 5.41) is 19.6. The van der Waals surface area contributed by atoms with Gasteiger partial charge < -0.3 is 20.3 Å². The van der Waals surface area contributed by atoms with Gasteiger partial charge >= 0.3 is 5.97 Å². The van der Waals surface area contributed by atoms with Crippen molar-refractivity contribution in [2.24, 2.45) is 0 Å². The summed E-state index contributed by atoms with van der Waals surface area (Å²) in [7, 11) is 0. The summed E-state index contributed by atoms with van der Waals surface area (Å²) >= 11 is 3.29. The number of hydrogen-bond donors (Lipinski definition) is 3. The van der Waals surface area contributed by atoms with Crippen LogP contribution in [-0.2, 0) is 9.59 Å². The third kappa shape index (κ3) is 5.71. The summed E-state index contributed by atoms with van der Waals surface area (Å²) in [6.45, 7) is -0.514. The molecule has 1 aromatic rings. The van der Waals surface area contributed by atoms with Crippen LogP contribution in [-0.4, -0.2) is 41.3 Å². The Kier molecular flexibility index (Phi) is 6.31. The van der Waals surface area contributed by atoms with Crippen LogP contribution in [0.5, 0.6) is 5.75 Å². The van der Waals surface area contributed by atoms with Gasteiger partial charge in [0.15, 0.2) is 0 Å². The first kappa shape index (κ1) is 15.5. The Morgan fingerprint density at radius 1 is 1.32 bits per heavy atom. The maximum atomic E-state index is 11.4. The van der Waals surface area contributed by atoms with E-state index in [0.717, 1.165) is 4.47 Å². The van der Waals surface area contributed by atoms with Gasteiger partial charge in [0.1, 0.15) is 11.8 Å². The Morgan fingerprint density at radius 3 is 2.47 bits per heavy atom. The van der Waals surface area contributed by atoms with Crippen LogP contribution in [0.15, 0.2) is 28.7 Å². The van der Waals surface area contributed by atoms with Crippen molar-refractivity contribution < 1.29 is 24.5 Å². The van der Waals surface area contributed by atoms with Crippen molar-refractivity contribution in [2.45, 2.75) is 12.5 Å². The molecule has 0 saturated carbocycles. The smallest absolute Gasteiger partial charge is 0.328 e. The van der Waals surface area contributed by atoms with Crippen LogP contribution in [0.1, 0.15) is 6.42 Å². The molecule has 1 amide bonds. The van der Waals surface area contributed by atoms with Crippen LogP contribution in [0.4, 0.5) is 0 Å². The number of aliphatic hydroxyl groups is 1. The number of nitrogens with one attached hydrogen (secondary N) is 1. The number of aliphatic hydroxyl groups excluding tert-OH is 1. The SMILES string of the molecule is O=C(CCOc1ccc(Br)cc1)N[C@@H](CO)C(=O)O. The van der Waals surface area contributed by atoms with Crippen LogP contribution < -0.4 is 10.1 Å². The summed E-state index contributed by atoms with van der Waals surface area (Å²) < 4.78 is 6.24. The largest absolute Gasteiger partial charge is 0.493 e. The molecule has 0 spiro atoms. The van der Waals surface area contributed by atoms with Gasteiger partial charge in [-0.15, -0.1) is 0 Å². The number of amides is 1. The number of carboxylic acids is 1. The molecule has 0 aliphatic rings. The average molecular weight is 332 g/mol. The van der Waals surface area contributed by atoms with Crippen molar-refractivity contribution >= 4 is 27.8 Å². The minimum absolute atomic E-state index is 0.0137. The average Bonchev–Trinajstić information content (AvgIpc) is 2.38. The highest BCUT2D eigenvalue weighted by molar-refractivity contribution is 9.10. The highest BCUT2D eigenvalue weighted by atomic mass is 79.9. The van der Waals surface area contributed by atoms with Crippen molar-refractivity contribution in [2.75, 3.05) is 13.2 Å². The number of halogens is 1. The fourth-order valence-electron chi connectivity index (χ4n) is 1.24. The molecule has 0 aliphatic heterocycles. The quantitative estimate of drug-likeness (QED) is 0.686. The number of carbonyl (C=O) groups is 2. The third-order valence-corrected chi connectivity index (χ3v) is 2.76. The first-order chi connectivity index (χ1) is 9.02. The van der Waals surface area contributed by atoms with E-state index in [4.69, 9.17) is 14.9 Å². The highest BCUT2D eigenvalue weighted by Crippen LogP contribution is 2.16. The number of hydrogen-bond acceptors (Lipinski definition) is 4. The van der Waals surface area contributed by atoms with E-state index < -0.39 is 24.5 Å². The monoisotopic (exact) mass is 331 g/mol. The molecule has 7 heteroatoms. The van der Waals surface area contributed by atoms with Gasteiger partial charge in [0.25, 0.3) is 0 Å². The Balaban J connectivity index is 2.30. The number of carboxylic acid groups (broad SMARTS) is 1. The van der Waals surface area contributed by atoms with E-state index in [9.17, 15) is 9.59 Å². The second-order valence-corrected chi connectivity index (χ2v) is 4.61. The normalized spacial score (nSPS) is 11.7. The van der Waals surface area contributed by atoms with Gasteiger partial charge in [-0.05, 0) is 24.3 Å². The van der Waals surface area contributed by atoms with Crippen LogP contribution >= 0.6 is 15.9 Å². The van der Waals surface area contributed by atoms with Crippen molar-refractivity contribution in [1.82, 2.24) is 5.32 Å². The van der Waals surface area contributed by atoms with E-state index in [1.807, 2.05) is 12.1 Å². The Bertz CT molecular complexity index is 434. The molecule has 1 aromatic carbocycles. The van der Waals surface area contributed by atoms with Gasteiger partial charge in [-0.3, -0.25) is 4.79 Å². The number of rotatable bonds is 7. The predicted octanol–water partition coefficient (Wildman–Crippen LogP) is 0.780. The lowest BCUT2D eigenvalue weighted by Gasteiger charge is -2.11. The second kappa shape index (κ2) is 7.75. The molecule has 19 heavy (non-hydrogen) atoms. The van der Waals surface area contributed by atoms with E-state index in [0.29, 0.717) is 5.75 Å². The number of carbonyl (C=O) groups excluding carboxylic acids is 1. The third-order valence-electron chi connectivity index (χ3n) is 2.23. The maximum absolute atomic E-state index is 11.4. The molecule has 0 heterocycles.